The van der Waals surface area contributed by atoms with Gasteiger partial charge >= 0.3 is 0 Å². The molecule has 1 N–H and O–H groups in total. The average Bonchev–Trinajstić information content (AvgIpc) is 2.88. The van der Waals surface area contributed by atoms with Gasteiger partial charge < -0.3 is 10.2 Å². The average molecular weight is 514 g/mol. The van der Waals surface area contributed by atoms with Gasteiger partial charge in [0.05, 0.1) is 10.6 Å². The topological polar surface area (TPSA) is 86.8 Å². The first-order valence-corrected chi connectivity index (χ1v) is 13.0. The van der Waals surface area contributed by atoms with E-state index in [0.29, 0.717) is 22.7 Å². The standard InChI is InChI=1S/C26H28ClN3O4S/c1-3-24(26(32)28-2)29(18-20-12-10-11-17-23(20)27)25(31)19-30(21-13-6-4-7-14-21)35(33,34)22-15-8-5-9-16-22/h4-17,24H,3,18-19H2,1-2H3,(H,28,32)/t24-/m1/s1. The third-order valence-corrected chi connectivity index (χ3v) is 7.74. The molecule has 0 saturated carbocycles. The summed E-state index contributed by atoms with van der Waals surface area (Å²) >= 11 is 6.34. The normalized spacial score (nSPS) is 12.0. The highest BCUT2D eigenvalue weighted by molar-refractivity contribution is 7.92. The molecule has 3 aromatic carbocycles. The Hall–Kier alpha value is -3.36. The summed E-state index contributed by atoms with van der Waals surface area (Å²) in [6.45, 7) is 1.36. The maximum atomic E-state index is 13.7. The summed E-state index contributed by atoms with van der Waals surface area (Å²) in [6.07, 6.45) is 0.340. The molecule has 3 rings (SSSR count). The lowest BCUT2D eigenvalue weighted by molar-refractivity contribution is -0.140. The van der Waals surface area contributed by atoms with E-state index in [2.05, 4.69) is 5.32 Å². The molecule has 3 aromatic rings. The van der Waals surface area contributed by atoms with Crippen LogP contribution in [0.15, 0.2) is 89.8 Å². The van der Waals surface area contributed by atoms with Crippen molar-refractivity contribution in [3.05, 3.63) is 95.5 Å². The molecule has 0 aliphatic carbocycles. The Kier molecular flexibility index (Phi) is 8.89. The summed E-state index contributed by atoms with van der Waals surface area (Å²) in [4.78, 5) is 27.9. The van der Waals surface area contributed by atoms with Gasteiger partial charge in [0.25, 0.3) is 10.0 Å². The molecular weight excluding hydrogens is 486 g/mol. The minimum Gasteiger partial charge on any atom is -0.357 e. The number of nitrogens with one attached hydrogen (secondary N) is 1. The molecule has 2 amide bonds. The fourth-order valence-electron chi connectivity index (χ4n) is 3.74. The predicted molar refractivity (Wildman–Crippen MR) is 138 cm³/mol. The van der Waals surface area contributed by atoms with Crippen molar-refractivity contribution in [2.24, 2.45) is 0 Å². The van der Waals surface area contributed by atoms with Crippen LogP contribution < -0.4 is 9.62 Å². The molecule has 35 heavy (non-hydrogen) atoms. The number of hydrogen-bond acceptors (Lipinski definition) is 4. The van der Waals surface area contributed by atoms with Crippen LogP contribution in [0.3, 0.4) is 0 Å². The Morgan fingerprint density at radius 1 is 0.914 bits per heavy atom. The number of anilines is 1. The third-order valence-electron chi connectivity index (χ3n) is 5.59. The van der Waals surface area contributed by atoms with Crippen molar-refractivity contribution in [1.29, 1.82) is 0 Å². The number of likely N-dealkylation sites (N-methyl/N-ethyl adjacent to an activating group) is 1. The largest absolute Gasteiger partial charge is 0.357 e. The Balaban J connectivity index is 2.03. The van der Waals surface area contributed by atoms with Gasteiger partial charge in [-0.1, -0.05) is 73.1 Å². The van der Waals surface area contributed by atoms with E-state index in [1.54, 1.807) is 79.7 Å². The minimum absolute atomic E-state index is 0.0540. The number of nitrogens with zero attached hydrogens (tertiary/aromatic N) is 2. The Morgan fingerprint density at radius 3 is 2.06 bits per heavy atom. The van der Waals surface area contributed by atoms with E-state index in [4.69, 9.17) is 11.6 Å². The SMILES string of the molecule is CC[C@H](C(=O)NC)N(Cc1ccccc1Cl)C(=O)CN(c1ccccc1)S(=O)(=O)c1ccccc1. The van der Waals surface area contributed by atoms with Crippen molar-refractivity contribution >= 4 is 39.1 Å². The molecule has 1 atom stereocenters. The number of hydrogen-bond donors (Lipinski definition) is 1. The van der Waals surface area contributed by atoms with E-state index in [9.17, 15) is 18.0 Å². The molecule has 0 spiro atoms. The fraction of sp³-hybridized carbons (Fsp3) is 0.231. The van der Waals surface area contributed by atoms with Gasteiger partial charge in [-0.05, 0) is 42.3 Å². The molecule has 0 aliphatic rings. The molecule has 0 heterocycles. The van der Waals surface area contributed by atoms with Crippen LogP contribution in [0.1, 0.15) is 18.9 Å². The van der Waals surface area contributed by atoms with Gasteiger partial charge in [-0.2, -0.15) is 0 Å². The second-order valence-corrected chi connectivity index (χ2v) is 10.1. The fourth-order valence-corrected chi connectivity index (χ4v) is 5.37. The monoisotopic (exact) mass is 513 g/mol. The van der Waals surface area contributed by atoms with Gasteiger partial charge in [0, 0.05) is 18.6 Å². The van der Waals surface area contributed by atoms with Gasteiger partial charge in [0.1, 0.15) is 12.6 Å². The lowest BCUT2D eigenvalue weighted by Gasteiger charge is -2.33. The van der Waals surface area contributed by atoms with Gasteiger partial charge in [-0.25, -0.2) is 8.42 Å². The zero-order valence-electron chi connectivity index (χ0n) is 19.6. The van der Waals surface area contributed by atoms with Crippen LogP contribution in [0.5, 0.6) is 0 Å². The van der Waals surface area contributed by atoms with Gasteiger partial charge in [0.2, 0.25) is 11.8 Å². The van der Waals surface area contributed by atoms with Crippen molar-refractivity contribution in [2.75, 3.05) is 17.9 Å². The first-order chi connectivity index (χ1) is 16.8. The molecule has 7 nitrogen and oxygen atoms in total. The summed E-state index contributed by atoms with van der Waals surface area (Å²) in [5, 5.41) is 3.05. The number of carbonyl (C=O) groups is 2. The molecular formula is C26H28ClN3O4S. The van der Waals surface area contributed by atoms with Crippen LogP contribution in [-0.2, 0) is 26.2 Å². The van der Waals surface area contributed by atoms with E-state index in [0.717, 1.165) is 4.31 Å². The highest BCUT2D eigenvalue weighted by atomic mass is 35.5. The van der Waals surface area contributed by atoms with Crippen LogP contribution in [0.4, 0.5) is 5.69 Å². The molecule has 0 aromatic heterocycles. The van der Waals surface area contributed by atoms with Crippen molar-refractivity contribution in [2.45, 2.75) is 30.8 Å². The van der Waals surface area contributed by atoms with Crippen molar-refractivity contribution < 1.29 is 18.0 Å². The van der Waals surface area contributed by atoms with Crippen LogP contribution in [-0.4, -0.2) is 44.8 Å². The van der Waals surface area contributed by atoms with Crippen molar-refractivity contribution in [1.82, 2.24) is 10.2 Å². The number of sulfonamides is 1. The Bertz CT molecular complexity index is 1250. The summed E-state index contributed by atoms with van der Waals surface area (Å²) < 4.78 is 28.2. The molecule has 184 valence electrons. The maximum Gasteiger partial charge on any atom is 0.264 e. The lowest BCUT2D eigenvalue weighted by atomic mass is 10.1. The maximum absolute atomic E-state index is 13.7. The highest BCUT2D eigenvalue weighted by Crippen LogP contribution is 2.25. The highest BCUT2D eigenvalue weighted by Gasteiger charge is 2.33. The number of amides is 2. The summed E-state index contributed by atoms with van der Waals surface area (Å²) in [7, 11) is -2.56. The van der Waals surface area contributed by atoms with Crippen LogP contribution in [0.25, 0.3) is 0 Å². The molecule has 0 fully saturated rings. The molecule has 0 bridgehead atoms. The van der Waals surface area contributed by atoms with Crippen LogP contribution >= 0.6 is 11.6 Å². The van der Waals surface area contributed by atoms with E-state index >= 15 is 0 Å². The predicted octanol–water partition coefficient (Wildman–Crippen LogP) is 4.09. The first kappa shape index (κ1) is 26.2. The third kappa shape index (κ3) is 6.21. The zero-order valence-corrected chi connectivity index (χ0v) is 21.2. The number of rotatable bonds is 10. The number of halogens is 1. The molecule has 9 heteroatoms. The van der Waals surface area contributed by atoms with E-state index < -0.39 is 28.5 Å². The molecule has 0 aliphatic heterocycles. The molecule has 0 unspecified atom stereocenters. The summed E-state index contributed by atoms with van der Waals surface area (Å²) in [5.41, 5.74) is 0.998. The number of para-hydroxylation sites is 1. The van der Waals surface area contributed by atoms with Crippen LogP contribution in [0, 0.1) is 0 Å². The first-order valence-electron chi connectivity index (χ1n) is 11.2. The second kappa shape index (κ2) is 11.9. The van der Waals surface area contributed by atoms with Gasteiger partial charge in [-0.3, -0.25) is 13.9 Å². The Morgan fingerprint density at radius 2 is 1.49 bits per heavy atom. The van der Waals surface area contributed by atoms with E-state index in [1.807, 2.05) is 0 Å². The van der Waals surface area contributed by atoms with Crippen LogP contribution in [0.2, 0.25) is 5.02 Å². The van der Waals surface area contributed by atoms with Crippen molar-refractivity contribution in [3.63, 3.8) is 0 Å². The molecule has 0 saturated heterocycles. The lowest BCUT2D eigenvalue weighted by Crippen LogP contribution is -2.51. The van der Waals surface area contributed by atoms with E-state index in [1.165, 1.54) is 24.1 Å². The summed E-state index contributed by atoms with van der Waals surface area (Å²) in [6, 6.07) is 22.6. The summed E-state index contributed by atoms with van der Waals surface area (Å²) in [5.74, 6) is -0.867. The van der Waals surface area contributed by atoms with Crippen molar-refractivity contribution in [3.8, 4) is 0 Å². The molecule has 0 radical (unpaired) electrons. The number of carbonyl (C=O) groups excluding carboxylic acids is 2. The second-order valence-electron chi connectivity index (χ2n) is 7.81. The van der Waals surface area contributed by atoms with E-state index in [-0.39, 0.29) is 17.3 Å². The minimum atomic E-state index is -4.06. The van der Waals surface area contributed by atoms with Gasteiger partial charge in [0.15, 0.2) is 0 Å². The zero-order chi connectivity index (χ0) is 25.4. The number of benzene rings is 3. The van der Waals surface area contributed by atoms with Gasteiger partial charge in [-0.15, -0.1) is 0 Å². The Labute approximate surface area is 211 Å². The quantitative estimate of drug-likeness (QED) is 0.442. The smallest absolute Gasteiger partial charge is 0.264 e.